The second-order valence-corrected chi connectivity index (χ2v) is 1.41. The highest BCUT2D eigenvalue weighted by molar-refractivity contribution is 4.55. The van der Waals surface area contributed by atoms with Crippen LogP contribution in [0.1, 0.15) is 13.3 Å². The Kier molecular flexibility index (Phi) is 1.08. The lowest BCUT2D eigenvalue weighted by atomic mass is 10.4. The summed E-state index contributed by atoms with van der Waals surface area (Å²) in [6.07, 6.45) is 1.45. The van der Waals surface area contributed by atoms with E-state index in [9.17, 15) is 0 Å². The van der Waals surface area contributed by atoms with Crippen molar-refractivity contribution in [1.29, 1.82) is 0 Å². The van der Waals surface area contributed by atoms with Crippen LogP contribution in [0.2, 0.25) is 0 Å². The molecule has 0 bridgehead atoms. The molecular weight excluding hydrogens is 78.0 g/mol. The third-order valence-electron chi connectivity index (χ3n) is 0.966. The van der Waals surface area contributed by atoms with E-state index in [-0.39, 0.29) is 0 Å². The van der Waals surface area contributed by atoms with Gasteiger partial charge in [-0.1, -0.05) is 6.92 Å². The minimum Gasteiger partial charge on any atom is -0.348 e. The van der Waals surface area contributed by atoms with Gasteiger partial charge >= 0.3 is 0 Å². The molecule has 6 heavy (non-hydrogen) atoms. The van der Waals surface area contributed by atoms with Crippen molar-refractivity contribution in [2.24, 2.45) is 0 Å². The number of hydrogen-bond donors (Lipinski definition) is 1. The molecule has 1 heterocycles. The van der Waals surface area contributed by atoms with Crippen LogP contribution < -0.4 is 5.32 Å². The third kappa shape index (κ3) is 0.533. The van der Waals surface area contributed by atoms with Crippen LogP contribution in [0.3, 0.4) is 0 Å². The third-order valence-corrected chi connectivity index (χ3v) is 0.966. The smallest absolute Gasteiger partial charge is 0.111 e. The van der Waals surface area contributed by atoms with E-state index in [1.165, 1.54) is 0 Å². The van der Waals surface area contributed by atoms with Crippen molar-refractivity contribution in [3.63, 3.8) is 0 Å². The van der Waals surface area contributed by atoms with Gasteiger partial charge in [0, 0.05) is 0 Å². The number of rotatable bonds is 1. The van der Waals surface area contributed by atoms with E-state index in [1.807, 2.05) is 0 Å². The summed E-state index contributed by atoms with van der Waals surface area (Å²) < 4.78 is 4.97. The lowest BCUT2D eigenvalue weighted by Gasteiger charge is -2.26. The Labute approximate surface area is 37.5 Å². The van der Waals surface area contributed by atoms with Crippen LogP contribution in [-0.2, 0) is 4.74 Å². The largest absolute Gasteiger partial charge is 0.348 e. The van der Waals surface area contributed by atoms with Crippen LogP contribution in [-0.4, -0.2) is 13.0 Å². The van der Waals surface area contributed by atoms with Crippen LogP contribution in [0.25, 0.3) is 0 Å². The lowest BCUT2D eigenvalue weighted by molar-refractivity contribution is -0.0896. The average Bonchev–Trinajstić information content (AvgIpc) is 1.31. The fourth-order valence-corrected chi connectivity index (χ4v) is 0.463. The molecule has 2 heteroatoms. The van der Waals surface area contributed by atoms with Crippen LogP contribution in [0.4, 0.5) is 0 Å². The summed E-state index contributed by atoms with van der Waals surface area (Å²) in [6, 6.07) is 0. The molecule has 1 N–H and O–H groups in total. The maximum absolute atomic E-state index is 4.97. The van der Waals surface area contributed by atoms with Crippen molar-refractivity contribution < 1.29 is 4.74 Å². The van der Waals surface area contributed by atoms with E-state index in [0.29, 0.717) is 6.23 Å². The molecular formula is C4H9NO. The van der Waals surface area contributed by atoms with E-state index in [2.05, 4.69) is 12.2 Å². The Morgan fingerprint density at radius 2 is 2.67 bits per heavy atom. The van der Waals surface area contributed by atoms with Gasteiger partial charge in [-0.15, -0.1) is 0 Å². The molecule has 1 atom stereocenters. The van der Waals surface area contributed by atoms with Crippen molar-refractivity contribution in [2.45, 2.75) is 19.6 Å². The molecule has 0 amide bonds. The molecule has 1 aliphatic rings. The van der Waals surface area contributed by atoms with Crippen molar-refractivity contribution in [1.82, 2.24) is 5.32 Å². The predicted molar refractivity (Wildman–Crippen MR) is 23.2 cm³/mol. The van der Waals surface area contributed by atoms with E-state index in [1.54, 1.807) is 0 Å². The first-order valence-corrected chi connectivity index (χ1v) is 2.28. The summed E-state index contributed by atoms with van der Waals surface area (Å²) in [7, 11) is 0. The molecule has 1 unspecified atom stereocenters. The highest BCUT2D eigenvalue weighted by Gasteiger charge is 2.11. The van der Waals surface area contributed by atoms with Gasteiger partial charge in [0.15, 0.2) is 0 Å². The van der Waals surface area contributed by atoms with Crippen LogP contribution >= 0.6 is 0 Å². The van der Waals surface area contributed by atoms with Gasteiger partial charge in [-0.05, 0) is 6.42 Å². The molecule has 1 aliphatic heterocycles. The monoisotopic (exact) mass is 87.1 g/mol. The average molecular weight is 87.1 g/mol. The highest BCUT2D eigenvalue weighted by atomic mass is 16.6. The Bertz CT molecular complexity index is 40.1. The van der Waals surface area contributed by atoms with E-state index in [4.69, 9.17) is 4.74 Å². The molecule has 0 aromatic heterocycles. The van der Waals surface area contributed by atoms with Gasteiger partial charge in [0.25, 0.3) is 0 Å². The molecule has 1 rings (SSSR count). The zero-order valence-corrected chi connectivity index (χ0v) is 3.90. The lowest BCUT2D eigenvalue weighted by Crippen LogP contribution is -2.45. The summed E-state index contributed by atoms with van der Waals surface area (Å²) in [6.45, 7) is 2.84. The summed E-state index contributed by atoms with van der Waals surface area (Å²) >= 11 is 0. The Morgan fingerprint density at radius 3 is 2.67 bits per heavy atom. The standard InChI is InChI=1S/C4H9NO/c1-2-4-5-3-6-4/h4-5H,2-3H2,1H3. The molecule has 0 aromatic rings. The topological polar surface area (TPSA) is 21.3 Å². The van der Waals surface area contributed by atoms with E-state index >= 15 is 0 Å². The second kappa shape index (κ2) is 1.58. The van der Waals surface area contributed by atoms with E-state index < -0.39 is 0 Å². The predicted octanol–water partition coefficient (Wildman–Crippen LogP) is 0.300. The summed E-state index contributed by atoms with van der Waals surface area (Å²) in [5.74, 6) is 0. The van der Waals surface area contributed by atoms with Gasteiger partial charge in [0.1, 0.15) is 13.0 Å². The van der Waals surface area contributed by atoms with Crippen molar-refractivity contribution in [2.75, 3.05) is 6.73 Å². The molecule has 1 fully saturated rings. The van der Waals surface area contributed by atoms with Crippen LogP contribution in [0, 0.1) is 0 Å². The summed E-state index contributed by atoms with van der Waals surface area (Å²) in [4.78, 5) is 0. The number of ether oxygens (including phenoxy) is 1. The molecule has 0 aromatic carbocycles. The molecule has 1 saturated heterocycles. The van der Waals surface area contributed by atoms with Gasteiger partial charge in [-0.2, -0.15) is 0 Å². The maximum atomic E-state index is 4.97. The Balaban J connectivity index is 2.01. The first kappa shape index (κ1) is 4.09. The van der Waals surface area contributed by atoms with Gasteiger partial charge in [0.05, 0.1) is 0 Å². The summed E-state index contributed by atoms with van der Waals surface area (Å²) in [5.41, 5.74) is 0. The van der Waals surface area contributed by atoms with Gasteiger partial charge in [-0.3, -0.25) is 5.32 Å². The van der Waals surface area contributed by atoms with Crippen molar-refractivity contribution in [3.8, 4) is 0 Å². The van der Waals surface area contributed by atoms with Crippen molar-refractivity contribution >= 4 is 0 Å². The molecule has 0 radical (unpaired) electrons. The molecule has 0 spiro atoms. The maximum Gasteiger partial charge on any atom is 0.111 e. The normalized spacial score (nSPS) is 32.5. The SMILES string of the molecule is CCC1NCO1. The second-order valence-electron chi connectivity index (χ2n) is 1.41. The number of hydrogen-bond acceptors (Lipinski definition) is 2. The zero-order valence-electron chi connectivity index (χ0n) is 3.90. The first-order valence-electron chi connectivity index (χ1n) is 2.28. The Morgan fingerprint density at radius 1 is 2.00 bits per heavy atom. The number of nitrogens with one attached hydrogen (secondary N) is 1. The van der Waals surface area contributed by atoms with Gasteiger partial charge in [-0.25, -0.2) is 0 Å². The Hall–Kier alpha value is -0.0800. The summed E-state index contributed by atoms with van der Waals surface area (Å²) in [5, 5.41) is 3.07. The van der Waals surface area contributed by atoms with Gasteiger partial charge < -0.3 is 4.74 Å². The first-order chi connectivity index (χ1) is 2.93. The van der Waals surface area contributed by atoms with Crippen LogP contribution in [0.5, 0.6) is 0 Å². The highest BCUT2D eigenvalue weighted by Crippen LogP contribution is 1.99. The zero-order chi connectivity index (χ0) is 4.41. The molecule has 36 valence electrons. The van der Waals surface area contributed by atoms with Crippen LogP contribution in [0.15, 0.2) is 0 Å². The van der Waals surface area contributed by atoms with Gasteiger partial charge in [0.2, 0.25) is 0 Å². The minimum atomic E-state index is 0.366. The van der Waals surface area contributed by atoms with E-state index in [0.717, 1.165) is 13.2 Å². The fraction of sp³-hybridized carbons (Fsp3) is 1.00. The quantitative estimate of drug-likeness (QED) is 0.496. The molecule has 0 aliphatic carbocycles. The fourth-order valence-electron chi connectivity index (χ4n) is 0.463. The van der Waals surface area contributed by atoms with Crippen molar-refractivity contribution in [3.05, 3.63) is 0 Å². The molecule has 2 nitrogen and oxygen atoms in total. The minimum absolute atomic E-state index is 0.366. The molecule has 0 saturated carbocycles.